The molecule has 1 aromatic heterocycles. The van der Waals surface area contributed by atoms with E-state index >= 15 is 0 Å². The minimum atomic E-state index is -0.273. The average molecular weight is 197 g/mol. The van der Waals surface area contributed by atoms with Crippen LogP contribution in [0.3, 0.4) is 0 Å². The Labute approximate surface area is 82.6 Å². The Morgan fingerprint density at radius 3 is 3.00 bits per heavy atom. The highest BCUT2D eigenvalue weighted by atomic mass is 16.3. The van der Waals surface area contributed by atoms with Gasteiger partial charge in [0.05, 0.1) is 18.8 Å². The highest BCUT2D eigenvalue weighted by molar-refractivity contribution is 5.80. The summed E-state index contributed by atoms with van der Waals surface area (Å²) in [6.07, 6.45) is 2.28. The van der Waals surface area contributed by atoms with E-state index < -0.39 is 0 Å². The zero-order chi connectivity index (χ0) is 10.4. The van der Waals surface area contributed by atoms with Gasteiger partial charge in [-0.3, -0.25) is 15.5 Å². The van der Waals surface area contributed by atoms with Crippen LogP contribution in [-0.2, 0) is 11.3 Å². The Bertz CT molecular complexity index is 272. The summed E-state index contributed by atoms with van der Waals surface area (Å²) >= 11 is 0. The number of rotatable bonds is 5. The lowest BCUT2D eigenvalue weighted by atomic mass is 10.2. The van der Waals surface area contributed by atoms with E-state index in [-0.39, 0.29) is 11.9 Å². The molecule has 0 aliphatic rings. The van der Waals surface area contributed by atoms with Gasteiger partial charge in [0.1, 0.15) is 5.76 Å². The van der Waals surface area contributed by atoms with Crippen molar-refractivity contribution in [1.29, 1.82) is 0 Å². The van der Waals surface area contributed by atoms with Crippen LogP contribution in [0, 0.1) is 0 Å². The van der Waals surface area contributed by atoms with E-state index in [0.29, 0.717) is 13.0 Å². The highest BCUT2D eigenvalue weighted by Crippen LogP contribution is 2.00. The third kappa shape index (κ3) is 2.86. The fourth-order valence-corrected chi connectivity index (χ4v) is 1.16. The van der Waals surface area contributed by atoms with Crippen LogP contribution < -0.4 is 16.6 Å². The summed E-state index contributed by atoms with van der Waals surface area (Å²) in [5.74, 6) is 5.62. The summed E-state index contributed by atoms with van der Waals surface area (Å²) < 4.78 is 5.12. The number of hydrazine groups is 1. The predicted molar refractivity (Wildman–Crippen MR) is 52.0 cm³/mol. The van der Waals surface area contributed by atoms with Crippen molar-refractivity contribution in [3.63, 3.8) is 0 Å². The normalized spacial score (nSPS) is 12.4. The predicted octanol–water partition coefficient (Wildman–Crippen LogP) is 0.138. The zero-order valence-electron chi connectivity index (χ0n) is 8.12. The van der Waals surface area contributed by atoms with E-state index in [0.717, 1.165) is 5.76 Å². The van der Waals surface area contributed by atoms with E-state index in [9.17, 15) is 4.79 Å². The summed E-state index contributed by atoms with van der Waals surface area (Å²) in [4.78, 5) is 11.2. The van der Waals surface area contributed by atoms with Gasteiger partial charge >= 0.3 is 0 Å². The molecule has 1 atom stereocenters. The Hall–Kier alpha value is -1.33. The molecule has 4 N–H and O–H groups in total. The molecular weight excluding hydrogens is 182 g/mol. The molecule has 1 aromatic rings. The second kappa shape index (κ2) is 5.41. The fourth-order valence-electron chi connectivity index (χ4n) is 1.16. The number of amides is 1. The largest absolute Gasteiger partial charge is 0.468 e. The second-order valence-corrected chi connectivity index (χ2v) is 2.93. The minimum absolute atomic E-state index is 0.209. The molecule has 0 saturated heterocycles. The van der Waals surface area contributed by atoms with Gasteiger partial charge in [-0.05, 0) is 18.6 Å². The van der Waals surface area contributed by atoms with Crippen molar-refractivity contribution in [2.75, 3.05) is 0 Å². The van der Waals surface area contributed by atoms with Crippen LogP contribution in [0.25, 0.3) is 0 Å². The van der Waals surface area contributed by atoms with Crippen molar-refractivity contribution in [3.05, 3.63) is 24.2 Å². The molecule has 1 rings (SSSR count). The topological polar surface area (TPSA) is 80.3 Å². The number of hydrogen-bond acceptors (Lipinski definition) is 4. The minimum Gasteiger partial charge on any atom is -0.468 e. The Morgan fingerprint density at radius 2 is 2.50 bits per heavy atom. The molecule has 78 valence electrons. The first kappa shape index (κ1) is 10.7. The van der Waals surface area contributed by atoms with Crippen LogP contribution in [0.4, 0.5) is 0 Å². The highest BCUT2D eigenvalue weighted by Gasteiger charge is 2.14. The van der Waals surface area contributed by atoms with Gasteiger partial charge in [0.15, 0.2) is 0 Å². The molecule has 0 spiro atoms. The lowest BCUT2D eigenvalue weighted by Gasteiger charge is -2.13. The monoisotopic (exact) mass is 197 g/mol. The number of hydrogen-bond donors (Lipinski definition) is 3. The first-order chi connectivity index (χ1) is 6.77. The zero-order valence-corrected chi connectivity index (χ0v) is 8.12. The van der Waals surface area contributed by atoms with E-state index in [1.807, 2.05) is 13.0 Å². The molecule has 0 aliphatic heterocycles. The molecule has 1 amide bonds. The van der Waals surface area contributed by atoms with Gasteiger partial charge in [0.25, 0.3) is 5.91 Å². The number of nitrogens with one attached hydrogen (secondary N) is 2. The third-order valence-corrected chi connectivity index (χ3v) is 1.97. The third-order valence-electron chi connectivity index (χ3n) is 1.97. The van der Waals surface area contributed by atoms with Gasteiger partial charge in [-0.15, -0.1) is 0 Å². The first-order valence-corrected chi connectivity index (χ1v) is 4.54. The van der Waals surface area contributed by atoms with Crippen LogP contribution in [0.5, 0.6) is 0 Å². The maximum atomic E-state index is 11.2. The SMILES string of the molecule is CC[C@@H](NCc1ccco1)C(=O)NN. The number of furan rings is 1. The Kier molecular flexibility index (Phi) is 4.15. The molecule has 5 nitrogen and oxygen atoms in total. The van der Waals surface area contributed by atoms with Crippen molar-refractivity contribution in [2.45, 2.75) is 25.9 Å². The first-order valence-electron chi connectivity index (χ1n) is 4.54. The van der Waals surface area contributed by atoms with Gasteiger partial charge < -0.3 is 4.42 Å². The number of nitrogens with two attached hydrogens (primary N) is 1. The summed E-state index contributed by atoms with van der Waals surface area (Å²) in [5.41, 5.74) is 2.11. The van der Waals surface area contributed by atoms with Crippen molar-refractivity contribution < 1.29 is 9.21 Å². The van der Waals surface area contributed by atoms with Crippen LogP contribution in [-0.4, -0.2) is 11.9 Å². The van der Waals surface area contributed by atoms with Gasteiger partial charge in [-0.1, -0.05) is 6.92 Å². The summed E-state index contributed by atoms with van der Waals surface area (Å²) in [5, 5.41) is 3.04. The maximum absolute atomic E-state index is 11.2. The second-order valence-electron chi connectivity index (χ2n) is 2.93. The summed E-state index contributed by atoms with van der Waals surface area (Å²) in [7, 11) is 0. The molecule has 0 bridgehead atoms. The molecule has 5 heteroatoms. The lowest BCUT2D eigenvalue weighted by Crippen LogP contribution is -2.46. The Morgan fingerprint density at radius 1 is 1.71 bits per heavy atom. The molecular formula is C9H15N3O2. The summed E-state index contributed by atoms with van der Waals surface area (Å²) in [6.45, 7) is 2.44. The smallest absolute Gasteiger partial charge is 0.250 e. The van der Waals surface area contributed by atoms with Crippen molar-refractivity contribution in [2.24, 2.45) is 5.84 Å². The van der Waals surface area contributed by atoms with Crippen molar-refractivity contribution in [1.82, 2.24) is 10.7 Å². The van der Waals surface area contributed by atoms with Gasteiger partial charge in [-0.25, -0.2) is 5.84 Å². The quantitative estimate of drug-likeness (QED) is 0.356. The van der Waals surface area contributed by atoms with Crippen LogP contribution >= 0.6 is 0 Å². The number of carbonyl (C=O) groups excluding carboxylic acids is 1. The van der Waals surface area contributed by atoms with Crippen LogP contribution in [0.2, 0.25) is 0 Å². The fraction of sp³-hybridized carbons (Fsp3) is 0.444. The summed E-state index contributed by atoms with van der Waals surface area (Å²) in [6, 6.07) is 3.38. The molecule has 0 radical (unpaired) electrons. The number of carbonyl (C=O) groups is 1. The van der Waals surface area contributed by atoms with E-state index in [1.54, 1.807) is 12.3 Å². The van der Waals surface area contributed by atoms with Gasteiger partial charge in [0.2, 0.25) is 0 Å². The molecule has 0 aromatic carbocycles. The van der Waals surface area contributed by atoms with Gasteiger partial charge in [-0.2, -0.15) is 0 Å². The molecule has 0 fully saturated rings. The van der Waals surface area contributed by atoms with E-state index in [2.05, 4.69) is 10.7 Å². The molecule has 0 aliphatic carbocycles. The lowest BCUT2D eigenvalue weighted by molar-refractivity contribution is -0.123. The van der Waals surface area contributed by atoms with Crippen molar-refractivity contribution in [3.8, 4) is 0 Å². The maximum Gasteiger partial charge on any atom is 0.250 e. The molecule has 14 heavy (non-hydrogen) atoms. The molecule has 0 unspecified atom stereocenters. The standard InChI is InChI=1S/C9H15N3O2/c1-2-8(9(13)12-10)11-6-7-4-3-5-14-7/h3-5,8,11H,2,6,10H2,1H3,(H,12,13)/t8-/m1/s1. The van der Waals surface area contributed by atoms with E-state index in [1.165, 1.54) is 0 Å². The average Bonchev–Trinajstić information content (AvgIpc) is 2.71. The van der Waals surface area contributed by atoms with Crippen molar-refractivity contribution >= 4 is 5.91 Å². The molecule has 1 heterocycles. The van der Waals surface area contributed by atoms with Crippen LogP contribution in [0.15, 0.2) is 22.8 Å². The van der Waals surface area contributed by atoms with E-state index in [4.69, 9.17) is 10.3 Å². The molecule has 0 saturated carbocycles. The Balaban J connectivity index is 2.38. The van der Waals surface area contributed by atoms with Crippen LogP contribution in [0.1, 0.15) is 19.1 Å². The van der Waals surface area contributed by atoms with Gasteiger partial charge in [0, 0.05) is 0 Å².